The maximum atomic E-state index is 12.6. The van der Waals surface area contributed by atoms with Crippen LogP contribution in [0, 0.1) is 17.3 Å². The second-order valence-electron chi connectivity index (χ2n) is 6.62. The van der Waals surface area contributed by atoms with Gasteiger partial charge in [-0.25, -0.2) is 0 Å². The van der Waals surface area contributed by atoms with Gasteiger partial charge in [0.15, 0.2) is 0 Å². The fraction of sp³-hybridized carbons (Fsp3) is 0.500. The van der Waals surface area contributed by atoms with Crippen molar-refractivity contribution in [3.05, 3.63) is 29.8 Å². The molecule has 1 amide bonds. The highest BCUT2D eigenvalue weighted by Crippen LogP contribution is 2.59. The van der Waals surface area contributed by atoms with Crippen LogP contribution < -0.4 is 14.8 Å². The zero-order valence-electron chi connectivity index (χ0n) is 14.2. The first kappa shape index (κ1) is 16.4. The summed E-state index contributed by atoms with van der Waals surface area (Å²) < 4.78 is 10.5. The van der Waals surface area contributed by atoms with Gasteiger partial charge in [-0.1, -0.05) is 25.5 Å². The average molecular weight is 303 g/mol. The lowest BCUT2D eigenvalue weighted by molar-refractivity contribution is -0.118. The SMILES string of the molecule is COc1ccc(NC(=O)C2C(C=C(C)C)C2(C)C)c(OC)c1. The van der Waals surface area contributed by atoms with Gasteiger partial charge in [0.05, 0.1) is 25.8 Å². The number of ether oxygens (including phenoxy) is 2. The van der Waals surface area contributed by atoms with Gasteiger partial charge in [0.25, 0.3) is 0 Å². The molecule has 22 heavy (non-hydrogen) atoms. The van der Waals surface area contributed by atoms with Crippen LogP contribution in [0.3, 0.4) is 0 Å². The summed E-state index contributed by atoms with van der Waals surface area (Å²) in [5.41, 5.74) is 1.92. The van der Waals surface area contributed by atoms with Gasteiger partial charge in [-0.2, -0.15) is 0 Å². The smallest absolute Gasteiger partial charge is 0.228 e. The number of carbonyl (C=O) groups is 1. The lowest BCUT2D eigenvalue weighted by atomic mass is 10.1. The molecule has 4 nitrogen and oxygen atoms in total. The van der Waals surface area contributed by atoms with E-state index >= 15 is 0 Å². The number of carbonyl (C=O) groups excluding carboxylic acids is 1. The lowest BCUT2D eigenvalue weighted by Gasteiger charge is -2.12. The third kappa shape index (κ3) is 3.11. The molecule has 4 heteroatoms. The van der Waals surface area contributed by atoms with E-state index in [1.54, 1.807) is 26.4 Å². The second-order valence-corrected chi connectivity index (χ2v) is 6.62. The van der Waals surface area contributed by atoms with Crippen molar-refractivity contribution in [3.8, 4) is 11.5 Å². The standard InChI is InChI=1S/C18H25NO3/c1-11(2)9-13-16(18(13,3)4)17(20)19-14-8-7-12(21-5)10-15(14)22-6/h7-10,13,16H,1-6H3,(H,19,20). The van der Waals surface area contributed by atoms with E-state index < -0.39 is 0 Å². The van der Waals surface area contributed by atoms with Gasteiger partial charge in [0.2, 0.25) is 5.91 Å². The van der Waals surface area contributed by atoms with Crippen molar-refractivity contribution in [2.24, 2.45) is 17.3 Å². The van der Waals surface area contributed by atoms with Gasteiger partial charge in [0, 0.05) is 6.07 Å². The van der Waals surface area contributed by atoms with E-state index in [-0.39, 0.29) is 17.2 Å². The van der Waals surface area contributed by atoms with E-state index in [0.717, 1.165) is 0 Å². The zero-order chi connectivity index (χ0) is 16.5. The molecule has 1 aromatic carbocycles. The van der Waals surface area contributed by atoms with Crippen LogP contribution in [0.1, 0.15) is 27.7 Å². The topological polar surface area (TPSA) is 47.6 Å². The zero-order valence-corrected chi connectivity index (χ0v) is 14.2. The van der Waals surface area contributed by atoms with Crippen LogP contribution in [0.4, 0.5) is 5.69 Å². The molecule has 0 aliphatic heterocycles. The fourth-order valence-corrected chi connectivity index (χ4v) is 2.96. The Hall–Kier alpha value is -1.97. The van der Waals surface area contributed by atoms with Crippen LogP contribution in [0.5, 0.6) is 11.5 Å². The monoisotopic (exact) mass is 303 g/mol. The molecule has 0 spiro atoms. The van der Waals surface area contributed by atoms with Crippen LogP contribution >= 0.6 is 0 Å². The number of hydrogen-bond donors (Lipinski definition) is 1. The summed E-state index contributed by atoms with van der Waals surface area (Å²) in [7, 11) is 3.18. The van der Waals surface area contributed by atoms with E-state index in [2.05, 4.69) is 39.1 Å². The van der Waals surface area contributed by atoms with Gasteiger partial charge < -0.3 is 14.8 Å². The Bertz CT molecular complexity index is 600. The predicted molar refractivity (Wildman–Crippen MR) is 88.4 cm³/mol. The molecule has 2 unspecified atom stereocenters. The molecule has 1 saturated carbocycles. The minimum atomic E-state index is -0.00536. The summed E-state index contributed by atoms with van der Waals surface area (Å²) in [4.78, 5) is 12.6. The highest BCUT2D eigenvalue weighted by atomic mass is 16.5. The Morgan fingerprint density at radius 2 is 1.91 bits per heavy atom. The van der Waals surface area contributed by atoms with Crippen molar-refractivity contribution >= 4 is 11.6 Å². The van der Waals surface area contributed by atoms with Crippen LogP contribution in [-0.2, 0) is 4.79 Å². The molecule has 2 rings (SSSR count). The molecule has 2 atom stereocenters. The van der Waals surface area contributed by atoms with Crippen molar-refractivity contribution in [2.45, 2.75) is 27.7 Å². The summed E-state index contributed by atoms with van der Waals surface area (Å²) in [5, 5.41) is 2.98. The first-order chi connectivity index (χ1) is 10.3. The third-order valence-electron chi connectivity index (χ3n) is 4.37. The number of allylic oxidation sites excluding steroid dienone is 2. The summed E-state index contributed by atoms with van der Waals surface area (Å²) >= 11 is 0. The number of benzene rings is 1. The van der Waals surface area contributed by atoms with Crippen LogP contribution in [0.25, 0.3) is 0 Å². The van der Waals surface area contributed by atoms with Gasteiger partial charge in [-0.05, 0) is 37.3 Å². The van der Waals surface area contributed by atoms with Gasteiger partial charge in [-0.3, -0.25) is 4.79 Å². The van der Waals surface area contributed by atoms with Crippen molar-refractivity contribution in [3.63, 3.8) is 0 Å². The molecule has 1 aliphatic rings. The molecule has 0 heterocycles. The maximum Gasteiger partial charge on any atom is 0.228 e. The van der Waals surface area contributed by atoms with Crippen LogP contribution in [-0.4, -0.2) is 20.1 Å². The Kier molecular flexibility index (Phi) is 4.50. The maximum absolute atomic E-state index is 12.6. The summed E-state index contributed by atoms with van der Waals surface area (Å²) in [6.07, 6.45) is 2.19. The normalized spacial score (nSPS) is 21.7. The second kappa shape index (κ2) is 6.03. The van der Waals surface area contributed by atoms with Crippen molar-refractivity contribution in [2.75, 3.05) is 19.5 Å². The average Bonchev–Trinajstić information content (AvgIpc) is 2.99. The van der Waals surface area contributed by atoms with E-state index in [4.69, 9.17) is 9.47 Å². The van der Waals surface area contributed by atoms with Crippen molar-refractivity contribution in [1.82, 2.24) is 0 Å². The molecule has 0 bridgehead atoms. The van der Waals surface area contributed by atoms with Gasteiger partial charge in [-0.15, -0.1) is 0 Å². The number of methoxy groups -OCH3 is 2. The van der Waals surface area contributed by atoms with E-state index in [0.29, 0.717) is 23.1 Å². The van der Waals surface area contributed by atoms with Crippen LogP contribution in [0.15, 0.2) is 29.8 Å². The molecule has 1 aromatic rings. The quantitative estimate of drug-likeness (QED) is 0.840. The highest BCUT2D eigenvalue weighted by molar-refractivity contribution is 5.97. The molecular weight excluding hydrogens is 278 g/mol. The molecule has 1 N–H and O–H groups in total. The Labute approximate surface area is 132 Å². The minimum absolute atomic E-state index is 0.00105. The minimum Gasteiger partial charge on any atom is -0.497 e. The van der Waals surface area contributed by atoms with Crippen molar-refractivity contribution in [1.29, 1.82) is 0 Å². The highest BCUT2D eigenvalue weighted by Gasteiger charge is 2.60. The number of anilines is 1. The van der Waals surface area contributed by atoms with Gasteiger partial charge >= 0.3 is 0 Å². The summed E-state index contributed by atoms with van der Waals surface area (Å²) in [6.45, 7) is 8.39. The predicted octanol–water partition coefficient (Wildman–Crippen LogP) is 3.88. The molecule has 0 radical (unpaired) electrons. The largest absolute Gasteiger partial charge is 0.497 e. The summed E-state index contributed by atoms with van der Waals surface area (Å²) in [6, 6.07) is 5.38. The number of rotatable bonds is 5. The van der Waals surface area contributed by atoms with E-state index in [1.165, 1.54) is 5.57 Å². The first-order valence-corrected chi connectivity index (χ1v) is 7.49. The Morgan fingerprint density at radius 1 is 1.23 bits per heavy atom. The molecule has 0 saturated heterocycles. The van der Waals surface area contributed by atoms with Crippen LogP contribution in [0.2, 0.25) is 0 Å². The molecule has 0 aromatic heterocycles. The molecule has 1 aliphatic carbocycles. The first-order valence-electron chi connectivity index (χ1n) is 7.49. The lowest BCUT2D eigenvalue weighted by Crippen LogP contribution is -2.17. The Morgan fingerprint density at radius 3 is 2.45 bits per heavy atom. The molecular formula is C18H25NO3. The number of amides is 1. The fourth-order valence-electron chi connectivity index (χ4n) is 2.96. The molecule has 120 valence electrons. The van der Waals surface area contributed by atoms with E-state index in [9.17, 15) is 4.79 Å². The number of hydrogen-bond acceptors (Lipinski definition) is 3. The summed E-state index contributed by atoms with van der Waals surface area (Å²) in [5.74, 6) is 1.63. The molecule has 1 fully saturated rings. The van der Waals surface area contributed by atoms with E-state index in [1.807, 2.05) is 6.07 Å². The van der Waals surface area contributed by atoms with Crippen molar-refractivity contribution < 1.29 is 14.3 Å². The Balaban J connectivity index is 2.15. The number of nitrogens with one attached hydrogen (secondary N) is 1. The van der Waals surface area contributed by atoms with Gasteiger partial charge in [0.1, 0.15) is 11.5 Å². The third-order valence-corrected chi connectivity index (χ3v) is 4.37.